The average molecular weight is 315 g/mol. The van der Waals surface area contributed by atoms with Crippen LogP contribution in [0.4, 0.5) is 0 Å². The van der Waals surface area contributed by atoms with Crippen molar-refractivity contribution in [2.24, 2.45) is 17.6 Å². The largest absolute Gasteiger partial charge is 0.327 e. The van der Waals surface area contributed by atoms with Gasteiger partial charge in [-0.1, -0.05) is 36.2 Å². The number of piperidine rings is 1. The Kier molecular flexibility index (Phi) is 5.76. The number of nitrogens with zero attached hydrogens (tertiary/aromatic N) is 1. The van der Waals surface area contributed by atoms with Crippen LogP contribution in [-0.2, 0) is 0 Å². The van der Waals surface area contributed by atoms with E-state index in [1.54, 1.807) is 5.56 Å². The Morgan fingerprint density at radius 2 is 1.87 bits per heavy atom. The van der Waals surface area contributed by atoms with E-state index in [1.165, 1.54) is 63.6 Å². The molecule has 1 aliphatic carbocycles. The highest BCUT2D eigenvalue weighted by Crippen LogP contribution is 2.38. The lowest BCUT2D eigenvalue weighted by Gasteiger charge is -2.36. The summed E-state index contributed by atoms with van der Waals surface area (Å²) in [6, 6.07) is 9.59. The van der Waals surface area contributed by atoms with Crippen LogP contribution in [0.2, 0.25) is 0 Å². The molecule has 1 heterocycles. The molecule has 0 radical (unpaired) electrons. The Morgan fingerprint density at radius 3 is 2.61 bits per heavy atom. The maximum absolute atomic E-state index is 6.34. The molecule has 2 heteroatoms. The van der Waals surface area contributed by atoms with Gasteiger partial charge in [-0.2, -0.15) is 0 Å². The molecule has 1 saturated heterocycles. The molecule has 2 aliphatic rings. The maximum atomic E-state index is 6.34. The van der Waals surface area contributed by atoms with Gasteiger partial charge in [-0.05, 0) is 82.4 Å². The van der Waals surface area contributed by atoms with Crippen molar-refractivity contribution in [1.82, 2.24) is 4.90 Å². The molecule has 0 aromatic heterocycles. The first-order valence-corrected chi connectivity index (χ1v) is 9.62. The first-order valence-electron chi connectivity index (χ1n) is 9.62. The number of hydrogen-bond acceptors (Lipinski definition) is 2. The van der Waals surface area contributed by atoms with Crippen LogP contribution in [0.15, 0.2) is 24.3 Å². The number of nitrogens with two attached hydrogens (primary N) is 1. The molecule has 1 aromatic carbocycles. The van der Waals surface area contributed by atoms with E-state index in [1.807, 2.05) is 0 Å². The predicted octanol–water partition coefficient (Wildman–Crippen LogP) is 4.33. The molecular weight excluding hydrogens is 280 g/mol. The van der Waals surface area contributed by atoms with Crippen LogP contribution in [0.1, 0.15) is 62.0 Å². The normalized spacial score (nSPS) is 32.8. The second-order valence-electron chi connectivity index (χ2n) is 8.18. The summed E-state index contributed by atoms with van der Waals surface area (Å²) in [6.07, 6.45) is 9.50. The third kappa shape index (κ3) is 4.58. The molecule has 2 N–H and O–H groups in total. The van der Waals surface area contributed by atoms with Gasteiger partial charge in [0.1, 0.15) is 0 Å². The lowest BCUT2D eigenvalue weighted by Crippen LogP contribution is -2.45. The minimum Gasteiger partial charge on any atom is -0.327 e. The summed E-state index contributed by atoms with van der Waals surface area (Å²) in [4.78, 5) is 2.46. The molecule has 2 nitrogen and oxygen atoms in total. The summed E-state index contributed by atoms with van der Waals surface area (Å²) in [5.41, 5.74) is 9.31. The summed E-state index contributed by atoms with van der Waals surface area (Å²) in [6.45, 7) is 4.60. The summed E-state index contributed by atoms with van der Waals surface area (Å²) in [5.74, 6) is 2.47. The van der Waals surface area contributed by atoms with Gasteiger partial charge in [-0.3, -0.25) is 0 Å². The Balaban J connectivity index is 1.44. The van der Waals surface area contributed by atoms with Crippen molar-refractivity contribution in [1.29, 1.82) is 0 Å². The van der Waals surface area contributed by atoms with Gasteiger partial charge in [0.25, 0.3) is 0 Å². The minimum absolute atomic E-state index is 0.440. The van der Waals surface area contributed by atoms with E-state index in [4.69, 9.17) is 5.73 Å². The fourth-order valence-electron chi connectivity index (χ4n) is 4.70. The second kappa shape index (κ2) is 7.81. The standard InChI is InChI=1S/C21H34N2/c1-16-4-3-5-19(14-16)18-9-6-17(7-10-18)8-11-20-15-23(2)13-12-21(20)22/h3-5,14,17-18,20-21H,6-13,15,22H2,1-2H3. The van der Waals surface area contributed by atoms with E-state index in [0.29, 0.717) is 6.04 Å². The first kappa shape index (κ1) is 17.0. The molecule has 128 valence electrons. The monoisotopic (exact) mass is 314 g/mol. The zero-order valence-electron chi connectivity index (χ0n) is 15.0. The van der Waals surface area contributed by atoms with Crippen molar-refractivity contribution in [3.05, 3.63) is 35.4 Å². The number of rotatable bonds is 4. The molecule has 0 amide bonds. The Morgan fingerprint density at radius 1 is 1.09 bits per heavy atom. The van der Waals surface area contributed by atoms with E-state index in [0.717, 1.165) is 17.8 Å². The topological polar surface area (TPSA) is 29.3 Å². The van der Waals surface area contributed by atoms with Crippen LogP contribution >= 0.6 is 0 Å². The molecule has 2 fully saturated rings. The van der Waals surface area contributed by atoms with Gasteiger partial charge in [0.15, 0.2) is 0 Å². The Labute approximate surface area is 142 Å². The van der Waals surface area contributed by atoms with Crippen LogP contribution in [0.5, 0.6) is 0 Å². The van der Waals surface area contributed by atoms with Crippen molar-refractivity contribution in [3.63, 3.8) is 0 Å². The lowest BCUT2D eigenvalue weighted by molar-refractivity contribution is 0.165. The van der Waals surface area contributed by atoms with E-state index >= 15 is 0 Å². The molecule has 1 saturated carbocycles. The van der Waals surface area contributed by atoms with Crippen LogP contribution in [0.25, 0.3) is 0 Å². The highest BCUT2D eigenvalue weighted by atomic mass is 15.1. The fourth-order valence-corrected chi connectivity index (χ4v) is 4.70. The second-order valence-corrected chi connectivity index (χ2v) is 8.18. The number of aryl methyl sites for hydroxylation is 1. The molecule has 3 rings (SSSR count). The fraction of sp³-hybridized carbons (Fsp3) is 0.714. The highest BCUT2D eigenvalue weighted by molar-refractivity contribution is 5.25. The van der Waals surface area contributed by atoms with Crippen molar-refractivity contribution in [3.8, 4) is 0 Å². The molecular formula is C21H34N2. The zero-order valence-corrected chi connectivity index (χ0v) is 15.0. The zero-order chi connectivity index (χ0) is 16.2. The van der Waals surface area contributed by atoms with Crippen LogP contribution in [-0.4, -0.2) is 31.1 Å². The molecule has 1 aromatic rings. The summed E-state index contributed by atoms with van der Waals surface area (Å²) in [7, 11) is 2.24. The smallest absolute Gasteiger partial charge is 0.00915 e. The van der Waals surface area contributed by atoms with Gasteiger partial charge in [0.2, 0.25) is 0 Å². The Bertz CT molecular complexity index is 490. The van der Waals surface area contributed by atoms with E-state index in [2.05, 4.69) is 43.1 Å². The number of benzene rings is 1. The average Bonchev–Trinajstić information content (AvgIpc) is 2.56. The quantitative estimate of drug-likeness (QED) is 0.896. The summed E-state index contributed by atoms with van der Waals surface area (Å²) < 4.78 is 0. The van der Waals surface area contributed by atoms with Crippen LogP contribution < -0.4 is 5.73 Å². The SMILES string of the molecule is Cc1cccc(C2CCC(CCC3CN(C)CCC3N)CC2)c1. The minimum atomic E-state index is 0.440. The van der Waals surface area contributed by atoms with E-state index < -0.39 is 0 Å². The van der Waals surface area contributed by atoms with Crippen LogP contribution in [0, 0.1) is 18.8 Å². The molecule has 23 heavy (non-hydrogen) atoms. The molecule has 0 bridgehead atoms. The molecule has 2 atom stereocenters. The van der Waals surface area contributed by atoms with Gasteiger partial charge in [0, 0.05) is 12.6 Å². The van der Waals surface area contributed by atoms with Crippen molar-refractivity contribution in [2.75, 3.05) is 20.1 Å². The molecule has 0 spiro atoms. The predicted molar refractivity (Wildman–Crippen MR) is 98.7 cm³/mol. The Hall–Kier alpha value is -0.860. The van der Waals surface area contributed by atoms with Crippen molar-refractivity contribution >= 4 is 0 Å². The summed E-state index contributed by atoms with van der Waals surface area (Å²) in [5, 5.41) is 0. The van der Waals surface area contributed by atoms with Gasteiger partial charge in [-0.25, -0.2) is 0 Å². The third-order valence-corrected chi connectivity index (χ3v) is 6.30. The van der Waals surface area contributed by atoms with Gasteiger partial charge in [0.05, 0.1) is 0 Å². The maximum Gasteiger partial charge on any atom is 0.00915 e. The van der Waals surface area contributed by atoms with Gasteiger partial charge in [-0.15, -0.1) is 0 Å². The summed E-state index contributed by atoms with van der Waals surface area (Å²) >= 11 is 0. The van der Waals surface area contributed by atoms with Crippen LogP contribution in [0.3, 0.4) is 0 Å². The molecule has 2 unspecified atom stereocenters. The molecule has 1 aliphatic heterocycles. The number of likely N-dealkylation sites (tertiary alicyclic amines) is 1. The third-order valence-electron chi connectivity index (χ3n) is 6.30. The number of hydrogen-bond donors (Lipinski definition) is 1. The van der Waals surface area contributed by atoms with Crippen molar-refractivity contribution in [2.45, 2.75) is 63.8 Å². The lowest BCUT2D eigenvalue weighted by atomic mass is 9.75. The highest BCUT2D eigenvalue weighted by Gasteiger charge is 2.27. The van der Waals surface area contributed by atoms with E-state index in [-0.39, 0.29) is 0 Å². The van der Waals surface area contributed by atoms with E-state index in [9.17, 15) is 0 Å². The van der Waals surface area contributed by atoms with Crippen molar-refractivity contribution < 1.29 is 0 Å². The van der Waals surface area contributed by atoms with Gasteiger partial charge >= 0.3 is 0 Å². The first-order chi connectivity index (χ1) is 11.1. The van der Waals surface area contributed by atoms with Gasteiger partial charge < -0.3 is 10.6 Å².